The predicted molar refractivity (Wildman–Crippen MR) is 91.9 cm³/mol. The van der Waals surface area contributed by atoms with E-state index in [1.54, 1.807) is 6.92 Å². The van der Waals surface area contributed by atoms with E-state index < -0.39 is 17.0 Å². The van der Waals surface area contributed by atoms with E-state index in [9.17, 15) is 18.0 Å². The number of hydrogen-bond donors (Lipinski definition) is 2. The van der Waals surface area contributed by atoms with Gasteiger partial charge in [-0.15, -0.1) is 10.2 Å². The fraction of sp³-hybridized carbons (Fsp3) is 0.400. The summed E-state index contributed by atoms with van der Waals surface area (Å²) in [6.45, 7) is 1.71. The highest BCUT2D eigenvalue weighted by Crippen LogP contribution is 2.33. The van der Waals surface area contributed by atoms with E-state index in [1.807, 2.05) is 0 Å². The Labute approximate surface area is 150 Å². The van der Waals surface area contributed by atoms with E-state index in [1.165, 1.54) is 35.2 Å². The molecule has 1 aromatic heterocycles. The van der Waals surface area contributed by atoms with E-state index in [0.29, 0.717) is 16.1 Å². The maximum absolute atomic E-state index is 12.5. The topological polar surface area (TPSA) is 66.9 Å². The van der Waals surface area contributed by atoms with Crippen molar-refractivity contribution in [3.8, 4) is 0 Å². The SMILES string of the molecule is C[C@H](Sc1nnc(NC2CC2)s1)C(=O)Nc1ccc(C(F)(F)F)cc1. The number of carbonyl (C=O) groups is 1. The first-order valence-corrected chi connectivity index (χ1v) is 9.26. The predicted octanol–water partition coefficient (Wildman–Crippen LogP) is 4.25. The smallest absolute Gasteiger partial charge is 0.357 e. The van der Waals surface area contributed by atoms with Gasteiger partial charge in [-0.1, -0.05) is 23.1 Å². The highest BCUT2D eigenvalue weighted by atomic mass is 32.2. The number of anilines is 2. The maximum atomic E-state index is 12.5. The zero-order valence-corrected chi connectivity index (χ0v) is 14.8. The first kappa shape index (κ1) is 18.0. The summed E-state index contributed by atoms with van der Waals surface area (Å²) in [6, 6.07) is 4.83. The van der Waals surface area contributed by atoms with Crippen molar-refractivity contribution in [2.45, 2.75) is 41.6 Å². The lowest BCUT2D eigenvalue weighted by Gasteiger charge is -2.11. The molecule has 25 heavy (non-hydrogen) atoms. The number of rotatable bonds is 6. The Balaban J connectivity index is 1.54. The lowest BCUT2D eigenvalue weighted by Crippen LogP contribution is -2.22. The Hall–Kier alpha value is -1.81. The quantitative estimate of drug-likeness (QED) is 0.724. The number of amides is 1. The van der Waals surface area contributed by atoms with E-state index in [-0.39, 0.29) is 5.91 Å². The van der Waals surface area contributed by atoms with Crippen LogP contribution in [0.2, 0.25) is 0 Å². The molecule has 5 nitrogen and oxygen atoms in total. The second-order valence-electron chi connectivity index (χ2n) is 5.62. The molecule has 2 aromatic rings. The Morgan fingerprint density at radius 2 is 1.96 bits per heavy atom. The van der Waals surface area contributed by atoms with Gasteiger partial charge in [-0.05, 0) is 44.0 Å². The largest absolute Gasteiger partial charge is 0.416 e. The molecule has 0 bridgehead atoms. The number of alkyl halides is 3. The van der Waals surface area contributed by atoms with Gasteiger partial charge in [0, 0.05) is 11.7 Å². The second kappa shape index (κ2) is 7.20. The molecule has 1 fully saturated rings. The van der Waals surface area contributed by atoms with Crippen molar-refractivity contribution in [1.29, 1.82) is 0 Å². The lowest BCUT2D eigenvalue weighted by molar-refractivity contribution is -0.137. The first-order chi connectivity index (χ1) is 11.8. The van der Waals surface area contributed by atoms with Crippen LogP contribution >= 0.6 is 23.1 Å². The average molecular weight is 388 g/mol. The number of halogens is 3. The number of nitrogens with one attached hydrogen (secondary N) is 2. The zero-order chi connectivity index (χ0) is 18.0. The van der Waals surface area contributed by atoms with Gasteiger partial charge in [-0.2, -0.15) is 13.2 Å². The van der Waals surface area contributed by atoms with Gasteiger partial charge in [-0.3, -0.25) is 4.79 Å². The van der Waals surface area contributed by atoms with Crippen molar-refractivity contribution in [2.75, 3.05) is 10.6 Å². The van der Waals surface area contributed by atoms with Crippen molar-refractivity contribution >= 4 is 39.8 Å². The summed E-state index contributed by atoms with van der Waals surface area (Å²) < 4.78 is 38.3. The summed E-state index contributed by atoms with van der Waals surface area (Å²) in [7, 11) is 0. The Morgan fingerprint density at radius 1 is 1.28 bits per heavy atom. The van der Waals surface area contributed by atoms with Gasteiger partial charge in [0.05, 0.1) is 10.8 Å². The highest BCUT2D eigenvalue weighted by molar-refractivity contribution is 8.02. The lowest BCUT2D eigenvalue weighted by atomic mass is 10.2. The first-order valence-electron chi connectivity index (χ1n) is 7.56. The van der Waals surface area contributed by atoms with Crippen LogP contribution < -0.4 is 10.6 Å². The van der Waals surface area contributed by atoms with Gasteiger partial charge in [0.2, 0.25) is 11.0 Å². The fourth-order valence-electron chi connectivity index (χ4n) is 1.91. The van der Waals surface area contributed by atoms with Gasteiger partial charge < -0.3 is 10.6 Å². The van der Waals surface area contributed by atoms with Crippen molar-refractivity contribution in [3.63, 3.8) is 0 Å². The van der Waals surface area contributed by atoms with Crippen LogP contribution in [-0.4, -0.2) is 27.4 Å². The maximum Gasteiger partial charge on any atom is 0.416 e. The third-order valence-corrected chi connectivity index (χ3v) is 5.48. The Kier molecular flexibility index (Phi) is 5.19. The molecular weight excluding hydrogens is 373 g/mol. The van der Waals surface area contributed by atoms with Crippen LogP contribution in [0.5, 0.6) is 0 Å². The van der Waals surface area contributed by atoms with E-state index in [2.05, 4.69) is 20.8 Å². The molecule has 1 aliphatic rings. The van der Waals surface area contributed by atoms with E-state index in [4.69, 9.17) is 0 Å². The molecule has 1 saturated carbocycles. The molecule has 134 valence electrons. The van der Waals surface area contributed by atoms with Gasteiger partial charge in [0.1, 0.15) is 0 Å². The number of aromatic nitrogens is 2. The summed E-state index contributed by atoms with van der Waals surface area (Å²) in [5.74, 6) is -0.309. The number of nitrogens with zero attached hydrogens (tertiary/aromatic N) is 2. The average Bonchev–Trinajstić information content (AvgIpc) is 3.25. The third kappa shape index (κ3) is 5.08. The van der Waals surface area contributed by atoms with E-state index >= 15 is 0 Å². The summed E-state index contributed by atoms with van der Waals surface area (Å²) in [4.78, 5) is 12.2. The Bertz CT molecular complexity index is 744. The number of thioether (sulfide) groups is 1. The molecule has 1 amide bonds. The molecule has 0 saturated heterocycles. The van der Waals surface area contributed by atoms with Crippen molar-refractivity contribution in [3.05, 3.63) is 29.8 Å². The van der Waals surface area contributed by atoms with Crippen LogP contribution in [0.1, 0.15) is 25.3 Å². The molecule has 1 atom stereocenters. The molecule has 10 heteroatoms. The van der Waals surface area contributed by atoms with Crippen LogP contribution in [0, 0.1) is 0 Å². The minimum Gasteiger partial charge on any atom is -0.357 e. The second-order valence-corrected chi connectivity index (χ2v) is 8.18. The van der Waals surface area contributed by atoms with Crippen LogP contribution in [0.4, 0.5) is 24.0 Å². The van der Waals surface area contributed by atoms with Crippen molar-refractivity contribution in [1.82, 2.24) is 10.2 Å². The molecule has 0 radical (unpaired) electrons. The number of hydrogen-bond acceptors (Lipinski definition) is 6. The highest BCUT2D eigenvalue weighted by Gasteiger charge is 2.30. The minimum absolute atomic E-state index is 0.309. The van der Waals surface area contributed by atoms with Gasteiger partial charge in [-0.25, -0.2) is 0 Å². The standard InChI is InChI=1S/C15H15F3N4OS2/c1-8(24-14-22-21-13(25-14)20-11-6-7-11)12(23)19-10-4-2-9(3-5-10)15(16,17)18/h2-5,8,11H,6-7H2,1H3,(H,19,23)(H,20,21)/t8-/m0/s1. The van der Waals surface area contributed by atoms with Crippen LogP contribution in [0.15, 0.2) is 28.6 Å². The molecule has 1 heterocycles. The third-order valence-electron chi connectivity index (χ3n) is 3.44. The Morgan fingerprint density at radius 3 is 2.56 bits per heavy atom. The van der Waals surface area contributed by atoms with Gasteiger partial charge in [0.15, 0.2) is 4.34 Å². The van der Waals surface area contributed by atoms with Gasteiger partial charge >= 0.3 is 6.18 Å². The summed E-state index contributed by atoms with van der Waals surface area (Å²) in [5.41, 5.74) is -0.434. The van der Waals surface area contributed by atoms with Crippen molar-refractivity contribution < 1.29 is 18.0 Å². The summed E-state index contributed by atoms with van der Waals surface area (Å²) >= 11 is 2.64. The van der Waals surface area contributed by atoms with Crippen LogP contribution in [0.3, 0.4) is 0 Å². The molecule has 0 aliphatic heterocycles. The summed E-state index contributed by atoms with van der Waals surface area (Å²) in [6.07, 6.45) is -2.13. The minimum atomic E-state index is -4.39. The summed E-state index contributed by atoms with van der Waals surface area (Å²) in [5, 5.41) is 14.2. The molecule has 0 spiro atoms. The monoisotopic (exact) mass is 388 g/mol. The van der Waals surface area contributed by atoms with E-state index in [0.717, 1.165) is 30.1 Å². The zero-order valence-electron chi connectivity index (χ0n) is 13.1. The van der Waals surface area contributed by atoms with Crippen LogP contribution in [0.25, 0.3) is 0 Å². The molecular formula is C15H15F3N4OS2. The number of benzene rings is 1. The molecule has 3 rings (SSSR count). The normalized spacial score (nSPS) is 15.7. The molecule has 2 N–H and O–H groups in total. The fourth-order valence-corrected chi connectivity index (χ4v) is 3.88. The van der Waals surface area contributed by atoms with Crippen LogP contribution in [-0.2, 0) is 11.0 Å². The van der Waals surface area contributed by atoms with Gasteiger partial charge in [0.25, 0.3) is 0 Å². The molecule has 1 aliphatic carbocycles. The number of carbonyl (C=O) groups excluding carboxylic acids is 1. The molecule has 1 aromatic carbocycles. The van der Waals surface area contributed by atoms with Crippen molar-refractivity contribution in [2.24, 2.45) is 0 Å². The molecule has 0 unspecified atom stereocenters.